The monoisotopic (exact) mass is 507 g/mol. The van der Waals surface area contributed by atoms with Gasteiger partial charge in [0.1, 0.15) is 28.8 Å². The fourth-order valence-corrected chi connectivity index (χ4v) is 5.45. The molecule has 0 radical (unpaired) electrons. The van der Waals surface area contributed by atoms with Crippen LogP contribution in [0.3, 0.4) is 0 Å². The van der Waals surface area contributed by atoms with Crippen LogP contribution < -0.4 is 10.1 Å². The minimum Gasteiger partial charge on any atom is -0.491 e. The van der Waals surface area contributed by atoms with E-state index in [0.29, 0.717) is 37.6 Å². The van der Waals surface area contributed by atoms with Crippen LogP contribution in [0.25, 0.3) is 31.6 Å². The number of H-pyrrole nitrogens is 1. The van der Waals surface area contributed by atoms with Crippen molar-refractivity contribution in [3.8, 4) is 5.75 Å². The standard InChI is InChI=1S/C23H25N9O3S/c1-32(2)23(33)35-14-4-5-15-19(9-14)36-22-20(15)21(25-12-26-22)29-17-8-13-11-28-30-16(13)10-18(17)34-7-3-6-27-31-24/h8,10-12,14H,3-7,9H2,1-2H3,(H,28,30)(H,25,26,29). The molecule has 1 unspecified atom stereocenters. The van der Waals surface area contributed by atoms with E-state index in [1.807, 2.05) is 12.1 Å². The van der Waals surface area contributed by atoms with Crippen molar-refractivity contribution in [2.75, 3.05) is 32.6 Å². The summed E-state index contributed by atoms with van der Waals surface area (Å²) in [6.07, 6.45) is 5.60. The molecule has 0 bridgehead atoms. The number of ether oxygens (including phenoxy) is 2. The molecule has 3 aromatic heterocycles. The summed E-state index contributed by atoms with van der Waals surface area (Å²) in [6.45, 7) is 0.761. The van der Waals surface area contributed by atoms with Gasteiger partial charge in [-0.25, -0.2) is 14.8 Å². The van der Waals surface area contributed by atoms with E-state index in [1.54, 1.807) is 38.0 Å². The van der Waals surface area contributed by atoms with Crippen LogP contribution in [0.2, 0.25) is 0 Å². The Bertz CT molecular complexity index is 1460. The third-order valence-corrected chi connectivity index (χ3v) is 7.11. The first-order valence-corrected chi connectivity index (χ1v) is 12.4. The van der Waals surface area contributed by atoms with Crippen LogP contribution in [0.4, 0.5) is 16.3 Å². The molecule has 1 amide bonds. The van der Waals surface area contributed by atoms with Crippen molar-refractivity contribution in [2.24, 2.45) is 5.11 Å². The zero-order valence-electron chi connectivity index (χ0n) is 19.9. The van der Waals surface area contributed by atoms with Gasteiger partial charge in [-0.3, -0.25) is 5.10 Å². The molecule has 5 rings (SSSR count). The highest BCUT2D eigenvalue weighted by atomic mass is 32.1. The number of carbonyl (C=O) groups excluding carboxylic acids is 1. The van der Waals surface area contributed by atoms with E-state index in [4.69, 9.17) is 15.0 Å². The van der Waals surface area contributed by atoms with Gasteiger partial charge in [-0.2, -0.15) is 5.10 Å². The van der Waals surface area contributed by atoms with Gasteiger partial charge in [-0.1, -0.05) is 5.11 Å². The first-order chi connectivity index (χ1) is 17.5. The van der Waals surface area contributed by atoms with E-state index in [1.165, 1.54) is 10.5 Å². The Balaban J connectivity index is 1.43. The Hall–Kier alpha value is -4.09. The van der Waals surface area contributed by atoms with Gasteiger partial charge in [0.25, 0.3) is 0 Å². The molecule has 1 aliphatic rings. The summed E-state index contributed by atoms with van der Waals surface area (Å²) >= 11 is 1.61. The van der Waals surface area contributed by atoms with Crippen molar-refractivity contribution in [1.82, 2.24) is 25.1 Å². The maximum Gasteiger partial charge on any atom is 0.409 e. The normalized spacial score (nSPS) is 14.8. The molecule has 0 spiro atoms. The predicted molar refractivity (Wildman–Crippen MR) is 137 cm³/mol. The molecule has 0 saturated heterocycles. The number of aromatic amines is 1. The number of aromatic nitrogens is 4. The van der Waals surface area contributed by atoms with Crippen molar-refractivity contribution in [1.29, 1.82) is 0 Å². The summed E-state index contributed by atoms with van der Waals surface area (Å²) in [5.41, 5.74) is 11.3. The molecule has 1 atom stereocenters. The summed E-state index contributed by atoms with van der Waals surface area (Å²) in [6, 6.07) is 3.86. The molecule has 12 nitrogen and oxygen atoms in total. The third kappa shape index (κ3) is 4.83. The van der Waals surface area contributed by atoms with Gasteiger partial charge in [0.15, 0.2) is 0 Å². The second-order valence-electron chi connectivity index (χ2n) is 8.64. The highest BCUT2D eigenvalue weighted by Crippen LogP contribution is 2.41. The third-order valence-electron chi connectivity index (χ3n) is 5.95. The van der Waals surface area contributed by atoms with Crippen molar-refractivity contribution < 1.29 is 14.3 Å². The van der Waals surface area contributed by atoms with E-state index in [-0.39, 0.29) is 12.2 Å². The number of anilines is 2. The van der Waals surface area contributed by atoms with Crippen LogP contribution in [0.5, 0.6) is 5.75 Å². The van der Waals surface area contributed by atoms with Gasteiger partial charge < -0.3 is 19.7 Å². The second kappa shape index (κ2) is 10.3. The van der Waals surface area contributed by atoms with Gasteiger partial charge >= 0.3 is 6.09 Å². The number of benzene rings is 1. The number of amides is 1. The van der Waals surface area contributed by atoms with E-state index >= 15 is 0 Å². The SMILES string of the molecule is CN(C)C(=O)OC1CCc2c(sc3ncnc(Nc4cc5cn[nH]c5cc4OCCCN=[N+]=[N-])c23)C1. The number of nitrogens with zero attached hydrogens (tertiary/aromatic N) is 7. The van der Waals surface area contributed by atoms with Crippen LogP contribution in [-0.2, 0) is 17.6 Å². The molecule has 2 N–H and O–H groups in total. The lowest BCUT2D eigenvalue weighted by Crippen LogP contribution is -2.31. The fourth-order valence-electron chi connectivity index (χ4n) is 4.20. The Morgan fingerprint density at radius 1 is 1.39 bits per heavy atom. The van der Waals surface area contributed by atoms with Crippen LogP contribution >= 0.6 is 11.3 Å². The number of azide groups is 1. The molecule has 13 heteroatoms. The van der Waals surface area contributed by atoms with Gasteiger partial charge in [-0.15, -0.1) is 11.3 Å². The number of nitrogens with one attached hydrogen (secondary N) is 2. The van der Waals surface area contributed by atoms with Gasteiger partial charge in [0.2, 0.25) is 0 Å². The van der Waals surface area contributed by atoms with E-state index in [2.05, 4.69) is 35.5 Å². The number of hydrogen-bond acceptors (Lipinski definition) is 9. The predicted octanol–water partition coefficient (Wildman–Crippen LogP) is 4.95. The summed E-state index contributed by atoms with van der Waals surface area (Å²) in [5, 5.41) is 16.0. The largest absolute Gasteiger partial charge is 0.491 e. The molecule has 0 aliphatic heterocycles. The minimum atomic E-state index is -0.326. The molecule has 3 heterocycles. The Morgan fingerprint density at radius 2 is 2.28 bits per heavy atom. The van der Waals surface area contributed by atoms with E-state index in [0.717, 1.165) is 44.5 Å². The lowest BCUT2D eigenvalue weighted by atomic mass is 9.94. The Labute approximate surface area is 210 Å². The molecule has 186 valence electrons. The topological polar surface area (TPSA) is 154 Å². The lowest BCUT2D eigenvalue weighted by Gasteiger charge is -2.24. The zero-order valence-corrected chi connectivity index (χ0v) is 20.7. The summed E-state index contributed by atoms with van der Waals surface area (Å²) in [7, 11) is 3.37. The van der Waals surface area contributed by atoms with Crippen LogP contribution in [-0.4, -0.2) is 64.5 Å². The maximum atomic E-state index is 12.0. The number of thiophene rings is 1. The van der Waals surface area contributed by atoms with Crippen LogP contribution in [0.15, 0.2) is 29.8 Å². The summed E-state index contributed by atoms with van der Waals surface area (Å²) in [4.78, 5) is 27.4. The van der Waals surface area contributed by atoms with Crippen molar-refractivity contribution >= 4 is 50.1 Å². The zero-order chi connectivity index (χ0) is 25.1. The van der Waals surface area contributed by atoms with Crippen molar-refractivity contribution in [3.05, 3.63) is 45.5 Å². The fraction of sp³-hybridized carbons (Fsp3) is 0.391. The van der Waals surface area contributed by atoms with Crippen molar-refractivity contribution in [3.63, 3.8) is 0 Å². The lowest BCUT2D eigenvalue weighted by molar-refractivity contribution is 0.0685. The average molecular weight is 508 g/mol. The molecular formula is C23H25N9O3S. The molecule has 1 aliphatic carbocycles. The molecule has 0 saturated carbocycles. The summed E-state index contributed by atoms with van der Waals surface area (Å²) in [5.74, 6) is 1.34. The highest BCUT2D eigenvalue weighted by Gasteiger charge is 2.28. The second-order valence-corrected chi connectivity index (χ2v) is 9.72. The minimum absolute atomic E-state index is 0.154. The Morgan fingerprint density at radius 3 is 3.11 bits per heavy atom. The highest BCUT2D eigenvalue weighted by molar-refractivity contribution is 7.19. The maximum absolute atomic E-state index is 12.0. The quantitative estimate of drug-likeness (QED) is 0.148. The smallest absolute Gasteiger partial charge is 0.409 e. The first kappa shape index (κ1) is 23.6. The number of fused-ring (bicyclic) bond motifs is 4. The first-order valence-electron chi connectivity index (χ1n) is 11.5. The number of aryl methyl sites for hydroxylation is 1. The van der Waals surface area contributed by atoms with Crippen LogP contribution in [0.1, 0.15) is 23.3 Å². The molecule has 36 heavy (non-hydrogen) atoms. The molecule has 0 fully saturated rings. The van der Waals surface area contributed by atoms with Gasteiger partial charge in [0.05, 0.1) is 29.4 Å². The van der Waals surface area contributed by atoms with Gasteiger partial charge in [-0.05, 0) is 36.4 Å². The number of rotatable bonds is 8. The number of carbonyl (C=O) groups is 1. The van der Waals surface area contributed by atoms with E-state index < -0.39 is 0 Å². The summed E-state index contributed by atoms with van der Waals surface area (Å²) < 4.78 is 11.7. The molecule has 1 aromatic carbocycles. The van der Waals surface area contributed by atoms with Crippen molar-refractivity contribution in [2.45, 2.75) is 31.8 Å². The molecule has 4 aromatic rings. The molecular weight excluding hydrogens is 482 g/mol. The average Bonchev–Trinajstić information content (AvgIpc) is 3.47. The number of hydrogen-bond donors (Lipinski definition) is 2. The Kier molecular flexibility index (Phi) is 6.74. The van der Waals surface area contributed by atoms with Crippen LogP contribution in [0, 0.1) is 0 Å². The van der Waals surface area contributed by atoms with Gasteiger partial charge in [0, 0.05) is 48.3 Å². The van der Waals surface area contributed by atoms with E-state index in [9.17, 15) is 4.79 Å².